The highest BCUT2D eigenvalue weighted by atomic mass is 19.1. The minimum Gasteiger partial charge on any atom is -0.497 e. The predicted octanol–water partition coefficient (Wildman–Crippen LogP) is 4.64. The highest BCUT2D eigenvalue weighted by molar-refractivity contribution is 5.94. The molecule has 0 unspecified atom stereocenters. The van der Waals surface area contributed by atoms with Crippen molar-refractivity contribution in [2.24, 2.45) is 0 Å². The third kappa shape index (κ3) is 2.87. The molecule has 0 bridgehead atoms. The number of carbonyl (C=O) groups is 1. The van der Waals surface area contributed by atoms with E-state index in [-0.39, 0.29) is 0 Å². The topological polar surface area (TPSA) is 29.5 Å². The Kier molecular flexibility index (Phi) is 4.40. The monoisotopic (exact) mass is 361 g/mol. The molecule has 2 atom stereocenters. The van der Waals surface area contributed by atoms with E-state index in [4.69, 9.17) is 4.74 Å². The molecule has 1 heterocycles. The number of ether oxygens (including phenoxy) is 1. The fourth-order valence-corrected chi connectivity index (χ4v) is 3.69. The average Bonchev–Trinajstić information content (AvgIpc) is 2.74. The molecule has 3 nitrogen and oxygen atoms in total. The molecule has 0 saturated carbocycles. The van der Waals surface area contributed by atoms with E-state index in [1.54, 1.807) is 36.3 Å². The van der Waals surface area contributed by atoms with E-state index in [2.05, 4.69) is 0 Å². The second kappa shape index (κ2) is 6.88. The molecular formula is C23H20FNO2. The van der Waals surface area contributed by atoms with Crippen LogP contribution in [0.3, 0.4) is 0 Å². The lowest BCUT2D eigenvalue weighted by atomic mass is 9.74. The molecule has 0 aliphatic carbocycles. The van der Waals surface area contributed by atoms with Crippen LogP contribution in [0.4, 0.5) is 4.39 Å². The summed E-state index contributed by atoms with van der Waals surface area (Å²) in [7, 11) is 1.56. The molecule has 0 radical (unpaired) electrons. The Morgan fingerprint density at radius 3 is 2.11 bits per heavy atom. The van der Waals surface area contributed by atoms with Crippen LogP contribution in [0, 0.1) is 0 Å². The van der Waals surface area contributed by atoms with Crippen LogP contribution < -0.4 is 4.74 Å². The molecule has 0 aromatic heterocycles. The summed E-state index contributed by atoms with van der Waals surface area (Å²) in [5, 5.41) is 0. The molecule has 136 valence electrons. The van der Waals surface area contributed by atoms with Gasteiger partial charge >= 0.3 is 0 Å². The van der Waals surface area contributed by atoms with E-state index in [0.29, 0.717) is 17.9 Å². The Hall–Kier alpha value is -3.14. The summed E-state index contributed by atoms with van der Waals surface area (Å²) in [6.45, 7) is 0.376. The number of carbonyl (C=O) groups excluding carboxylic acids is 1. The van der Waals surface area contributed by atoms with Gasteiger partial charge in [-0.2, -0.15) is 0 Å². The van der Waals surface area contributed by atoms with Crippen LogP contribution in [0.25, 0.3) is 0 Å². The number of hydrogen-bond acceptors (Lipinski definition) is 2. The zero-order valence-corrected chi connectivity index (χ0v) is 15.0. The lowest BCUT2D eigenvalue weighted by Gasteiger charge is -2.51. The largest absolute Gasteiger partial charge is 0.497 e. The van der Waals surface area contributed by atoms with Gasteiger partial charge in [0.15, 0.2) is 0 Å². The number of methoxy groups -OCH3 is 1. The van der Waals surface area contributed by atoms with Crippen LogP contribution in [0.5, 0.6) is 5.75 Å². The summed E-state index contributed by atoms with van der Waals surface area (Å²) >= 11 is 0. The Morgan fingerprint density at radius 2 is 1.52 bits per heavy atom. The third-order valence-electron chi connectivity index (χ3n) is 5.08. The van der Waals surface area contributed by atoms with Gasteiger partial charge < -0.3 is 9.64 Å². The molecule has 1 amide bonds. The first-order valence-corrected chi connectivity index (χ1v) is 8.88. The number of β-lactam (4-membered cyclic amide) rings is 1. The Labute approximate surface area is 158 Å². The van der Waals surface area contributed by atoms with Crippen LogP contribution in [0.1, 0.15) is 22.7 Å². The fraction of sp³-hybridized carbons (Fsp3) is 0.174. The van der Waals surface area contributed by atoms with Gasteiger partial charge in [-0.05, 0) is 23.3 Å². The number of benzene rings is 3. The van der Waals surface area contributed by atoms with Crippen molar-refractivity contribution in [1.82, 2.24) is 4.90 Å². The number of hydrogen-bond donors (Lipinski definition) is 0. The minimum atomic E-state index is -2.08. The molecule has 1 aliphatic rings. The summed E-state index contributed by atoms with van der Waals surface area (Å²) in [4.78, 5) is 14.6. The number of nitrogens with zero attached hydrogens (tertiary/aromatic N) is 1. The summed E-state index contributed by atoms with van der Waals surface area (Å²) < 4.78 is 21.3. The predicted molar refractivity (Wildman–Crippen MR) is 102 cm³/mol. The van der Waals surface area contributed by atoms with Crippen LogP contribution >= 0.6 is 0 Å². The third-order valence-corrected chi connectivity index (χ3v) is 5.08. The van der Waals surface area contributed by atoms with Crippen molar-refractivity contribution in [1.29, 1.82) is 0 Å². The van der Waals surface area contributed by atoms with Crippen LogP contribution in [-0.2, 0) is 17.0 Å². The lowest BCUT2D eigenvalue weighted by molar-refractivity contribution is -0.181. The molecule has 3 aromatic carbocycles. The van der Waals surface area contributed by atoms with Gasteiger partial charge in [0.25, 0.3) is 5.91 Å². The van der Waals surface area contributed by atoms with E-state index >= 15 is 4.39 Å². The zero-order valence-electron chi connectivity index (χ0n) is 15.0. The number of amides is 1. The van der Waals surface area contributed by atoms with Crippen molar-refractivity contribution in [3.8, 4) is 5.75 Å². The van der Waals surface area contributed by atoms with Gasteiger partial charge in [0, 0.05) is 12.1 Å². The van der Waals surface area contributed by atoms with Crippen molar-refractivity contribution in [3.63, 3.8) is 0 Å². The van der Waals surface area contributed by atoms with Gasteiger partial charge in [-0.15, -0.1) is 0 Å². The van der Waals surface area contributed by atoms with Crippen LogP contribution in [-0.4, -0.2) is 17.9 Å². The van der Waals surface area contributed by atoms with Gasteiger partial charge in [-0.3, -0.25) is 4.79 Å². The van der Waals surface area contributed by atoms with Gasteiger partial charge in [-0.25, -0.2) is 4.39 Å². The van der Waals surface area contributed by atoms with E-state index in [9.17, 15) is 4.79 Å². The molecule has 4 heteroatoms. The standard InChI is InChI=1S/C23H20FNO2/c1-27-20-14-12-19(13-15-20)23(24)21(18-10-6-3-7-11-18)25(22(23)26)16-17-8-4-2-5-9-17/h2-15,21H,16H2,1H3/t21-,23+/m1/s1. The Bertz CT molecular complexity index is 928. The van der Waals surface area contributed by atoms with Gasteiger partial charge in [0.2, 0.25) is 5.67 Å². The summed E-state index contributed by atoms with van der Waals surface area (Å²) in [5.41, 5.74) is 0.0314. The molecular weight excluding hydrogens is 341 g/mol. The van der Waals surface area contributed by atoms with Crippen LogP contribution in [0.15, 0.2) is 84.9 Å². The first kappa shape index (κ1) is 17.3. The fourth-order valence-electron chi connectivity index (χ4n) is 3.69. The van der Waals surface area contributed by atoms with E-state index in [1.165, 1.54) is 0 Å². The summed E-state index contributed by atoms with van der Waals surface area (Å²) in [6.07, 6.45) is 0. The SMILES string of the molecule is COc1ccc([C@@]2(F)C(=O)N(Cc3ccccc3)[C@@H]2c2ccccc2)cc1. The average molecular weight is 361 g/mol. The molecule has 0 spiro atoms. The highest BCUT2D eigenvalue weighted by Gasteiger charge is 2.63. The van der Waals surface area contributed by atoms with E-state index < -0.39 is 17.6 Å². The molecule has 1 fully saturated rings. The Balaban J connectivity index is 1.73. The Morgan fingerprint density at radius 1 is 0.926 bits per heavy atom. The minimum absolute atomic E-state index is 0.353. The summed E-state index contributed by atoms with van der Waals surface area (Å²) in [5.74, 6) is 0.122. The van der Waals surface area contributed by atoms with E-state index in [1.807, 2.05) is 60.7 Å². The first-order chi connectivity index (χ1) is 13.1. The maximum absolute atomic E-state index is 16.1. The second-order valence-electron chi connectivity index (χ2n) is 6.67. The quantitative estimate of drug-likeness (QED) is 0.620. The van der Waals surface area contributed by atoms with Crippen molar-refractivity contribution in [3.05, 3.63) is 102 Å². The number of likely N-dealkylation sites (tertiary alicyclic amines) is 1. The normalized spacial score (nSPS) is 21.6. The first-order valence-electron chi connectivity index (χ1n) is 8.88. The summed E-state index contributed by atoms with van der Waals surface area (Å²) in [6, 6.07) is 25.0. The number of halogens is 1. The smallest absolute Gasteiger partial charge is 0.268 e. The molecule has 27 heavy (non-hydrogen) atoms. The van der Waals surface area contributed by atoms with Gasteiger partial charge in [0.05, 0.1) is 7.11 Å². The van der Waals surface area contributed by atoms with E-state index in [0.717, 1.165) is 11.1 Å². The maximum atomic E-state index is 16.1. The zero-order chi connectivity index (χ0) is 18.9. The van der Waals surface area contributed by atoms with Crippen molar-refractivity contribution in [2.45, 2.75) is 18.3 Å². The van der Waals surface area contributed by atoms with Crippen molar-refractivity contribution >= 4 is 5.91 Å². The van der Waals surface area contributed by atoms with Crippen molar-refractivity contribution < 1.29 is 13.9 Å². The van der Waals surface area contributed by atoms with Gasteiger partial charge in [0.1, 0.15) is 11.8 Å². The van der Waals surface area contributed by atoms with Gasteiger partial charge in [-0.1, -0.05) is 72.8 Å². The van der Waals surface area contributed by atoms with Crippen molar-refractivity contribution in [2.75, 3.05) is 7.11 Å². The number of rotatable bonds is 5. The molecule has 0 N–H and O–H groups in total. The maximum Gasteiger partial charge on any atom is 0.268 e. The lowest BCUT2D eigenvalue weighted by Crippen LogP contribution is -2.63. The molecule has 1 aliphatic heterocycles. The highest BCUT2D eigenvalue weighted by Crippen LogP contribution is 2.53. The number of alkyl halides is 1. The molecule has 3 aromatic rings. The molecule has 4 rings (SSSR count). The molecule has 1 saturated heterocycles. The van der Waals surface area contributed by atoms with Crippen LogP contribution in [0.2, 0.25) is 0 Å². The second-order valence-corrected chi connectivity index (χ2v) is 6.67.